The molecule has 0 amide bonds. The number of ether oxygens (including phenoxy) is 2. The summed E-state index contributed by atoms with van der Waals surface area (Å²) < 4.78 is 10.2. The van der Waals surface area contributed by atoms with E-state index in [4.69, 9.17) is 9.47 Å². The van der Waals surface area contributed by atoms with Gasteiger partial charge in [0.05, 0.1) is 25.9 Å². The number of nitrogens with zero attached hydrogens (tertiary/aromatic N) is 1. The highest BCUT2D eigenvalue weighted by Crippen LogP contribution is 2.07. The number of methoxy groups -OCH3 is 1. The second-order valence-corrected chi connectivity index (χ2v) is 4.87. The number of hydrogen-bond acceptors (Lipinski definition) is 5. The van der Waals surface area contributed by atoms with Gasteiger partial charge in [-0.3, -0.25) is 4.90 Å². The quantitative estimate of drug-likeness (QED) is 0.545. The fourth-order valence-corrected chi connectivity index (χ4v) is 2.27. The Morgan fingerprint density at radius 2 is 2.28 bits per heavy atom. The molecule has 0 aromatic carbocycles. The minimum absolute atomic E-state index is 0.387. The van der Waals surface area contributed by atoms with Crippen LogP contribution in [0.5, 0.6) is 0 Å². The largest absolute Gasteiger partial charge is 0.389 e. The minimum Gasteiger partial charge on any atom is -0.389 e. The van der Waals surface area contributed by atoms with E-state index in [0.717, 1.165) is 19.6 Å². The van der Waals surface area contributed by atoms with Gasteiger partial charge in [0.15, 0.2) is 0 Å². The van der Waals surface area contributed by atoms with Gasteiger partial charge in [-0.15, -0.1) is 0 Å². The van der Waals surface area contributed by atoms with E-state index in [9.17, 15) is 5.11 Å². The van der Waals surface area contributed by atoms with Crippen molar-refractivity contribution in [1.82, 2.24) is 10.2 Å². The van der Waals surface area contributed by atoms with Gasteiger partial charge in [-0.05, 0) is 25.9 Å². The van der Waals surface area contributed by atoms with Gasteiger partial charge in [-0.2, -0.15) is 0 Å². The summed E-state index contributed by atoms with van der Waals surface area (Å²) in [6.45, 7) is 7.44. The normalized spacial score (nSPS) is 21.7. The molecule has 5 nitrogen and oxygen atoms in total. The molecule has 5 heteroatoms. The van der Waals surface area contributed by atoms with E-state index < -0.39 is 6.10 Å². The molecule has 0 bridgehead atoms. The molecule has 1 fully saturated rings. The Labute approximate surface area is 110 Å². The van der Waals surface area contributed by atoms with Crippen molar-refractivity contribution in [2.75, 3.05) is 53.1 Å². The van der Waals surface area contributed by atoms with Gasteiger partial charge in [0.2, 0.25) is 0 Å². The second-order valence-electron chi connectivity index (χ2n) is 4.87. The lowest BCUT2D eigenvalue weighted by Crippen LogP contribution is -2.42. The first-order valence-electron chi connectivity index (χ1n) is 6.96. The lowest BCUT2D eigenvalue weighted by atomic mass is 10.2. The van der Waals surface area contributed by atoms with E-state index in [1.54, 1.807) is 7.11 Å². The Hall–Kier alpha value is -0.200. The van der Waals surface area contributed by atoms with Gasteiger partial charge in [0.1, 0.15) is 0 Å². The molecule has 108 valence electrons. The van der Waals surface area contributed by atoms with Gasteiger partial charge in [0.25, 0.3) is 0 Å². The van der Waals surface area contributed by atoms with E-state index in [2.05, 4.69) is 17.1 Å². The van der Waals surface area contributed by atoms with Crippen LogP contribution in [0.1, 0.15) is 19.8 Å². The zero-order valence-corrected chi connectivity index (χ0v) is 11.7. The molecule has 1 heterocycles. The Balaban J connectivity index is 2.11. The molecule has 1 saturated heterocycles. The molecule has 0 spiro atoms. The number of likely N-dealkylation sites (N-methyl/N-ethyl adjacent to an activating group) is 1. The van der Waals surface area contributed by atoms with Gasteiger partial charge in [-0.25, -0.2) is 0 Å². The first kappa shape index (κ1) is 15.9. The predicted molar refractivity (Wildman–Crippen MR) is 71.8 cm³/mol. The third-order valence-electron chi connectivity index (χ3n) is 3.30. The van der Waals surface area contributed by atoms with E-state index in [-0.39, 0.29) is 0 Å². The zero-order chi connectivity index (χ0) is 13.2. The van der Waals surface area contributed by atoms with Crippen LogP contribution < -0.4 is 5.32 Å². The molecule has 2 N–H and O–H groups in total. The van der Waals surface area contributed by atoms with E-state index in [1.807, 2.05) is 0 Å². The summed E-state index contributed by atoms with van der Waals surface area (Å²) in [6.07, 6.45) is 2.10. The number of aliphatic hydroxyl groups is 1. The Morgan fingerprint density at radius 1 is 1.44 bits per heavy atom. The van der Waals surface area contributed by atoms with Crippen LogP contribution in [0.3, 0.4) is 0 Å². The van der Waals surface area contributed by atoms with Crippen LogP contribution in [0.4, 0.5) is 0 Å². The monoisotopic (exact) mass is 260 g/mol. The van der Waals surface area contributed by atoms with Crippen molar-refractivity contribution < 1.29 is 14.6 Å². The van der Waals surface area contributed by atoms with E-state index in [1.165, 1.54) is 12.8 Å². The lowest BCUT2D eigenvalue weighted by molar-refractivity contribution is -0.000718. The first-order valence-corrected chi connectivity index (χ1v) is 6.96. The molecule has 0 aliphatic carbocycles. The highest BCUT2D eigenvalue weighted by molar-refractivity contribution is 4.78. The average Bonchev–Trinajstić information content (AvgIpc) is 2.86. The smallest absolute Gasteiger partial charge is 0.0900 e. The summed E-state index contributed by atoms with van der Waals surface area (Å²) in [5.74, 6) is 0. The topological polar surface area (TPSA) is 54.0 Å². The fraction of sp³-hybridized carbons (Fsp3) is 1.00. The average molecular weight is 260 g/mol. The zero-order valence-electron chi connectivity index (χ0n) is 11.7. The van der Waals surface area contributed by atoms with Crippen LogP contribution in [0.25, 0.3) is 0 Å². The van der Waals surface area contributed by atoms with Crippen LogP contribution in [-0.4, -0.2) is 75.3 Å². The lowest BCUT2D eigenvalue weighted by Gasteiger charge is -2.26. The third-order valence-corrected chi connectivity index (χ3v) is 3.30. The van der Waals surface area contributed by atoms with Crippen LogP contribution in [0.2, 0.25) is 0 Å². The van der Waals surface area contributed by atoms with Gasteiger partial charge < -0.3 is 19.9 Å². The standard InChI is InChI=1S/C13H28N2O3/c1-3-15(9-12-5-4-6-14-12)10-13(16)11-18-8-7-17-2/h12-14,16H,3-11H2,1-2H3. The summed E-state index contributed by atoms with van der Waals surface area (Å²) in [5.41, 5.74) is 0. The summed E-state index contributed by atoms with van der Waals surface area (Å²) in [6, 6.07) is 0.589. The highest BCUT2D eigenvalue weighted by Gasteiger charge is 2.18. The summed E-state index contributed by atoms with van der Waals surface area (Å²) in [5, 5.41) is 13.4. The number of nitrogens with one attached hydrogen (secondary N) is 1. The molecule has 0 saturated carbocycles. The fourth-order valence-electron chi connectivity index (χ4n) is 2.27. The molecule has 18 heavy (non-hydrogen) atoms. The number of rotatable bonds is 10. The van der Waals surface area contributed by atoms with Crippen molar-refractivity contribution >= 4 is 0 Å². The molecular formula is C13H28N2O3. The molecule has 1 aliphatic rings. The maximum atomic E-state index is 9.90. The van der Waals surface area contributed by atoms with Crippen molar-refractivity contribution in [3.8, 4) is 0 Å². The van der Waals surface area contributed by atoms with Crippen LogP contribution >= 0.6 is 0 Å². The number of hydrogen-bond donors (Lipinski definition) is 2. The van der Waals surface area contributed by atoms with Gasteiger partial charge in [0, 0.05) is 26.2 Å². The molecule has 0 radical (unpaired) electrons. The maximum Gasteiger partial charge on any atom is 0.0900 e. The Morgan fingerprint density at radius 3 is 2.89 bits per heavy atom. The third kappa shape index (κ3) is 6.66. The predicted octanol–water partition coefficient (Wildman–Crippen LogP) is 0.0842. The number of aliphatic hydroxyl groups excluding tert-OH is 1. The van der Waals surface area contributed by atoms with Crippen molar-refractivity contribution in [3.05, 3.63) is 0 Å². The molecule has 1 aliphatic heterocycles. The molecule has 2 atom stereocenters. The molecular weight excluding hydrogens is 232 g/mol. The van der Waals surface area contributed by atoms with Gasteiger partial charge >= 0.3 is 0 Å². The Bertz CT molecular complexity index is 199. The van der Waals surface area contributed by atoms with E-state index in [0.29, 0.717) is 32.4 Å². The minimum atomic E-state index is -0.414. The summed E-state index contributed by atoms with van der Waals surface area (Å²) >= 11 is 0. The SMILES string of the molecule is CCN(CC(O)COCCOC)CC1CCCN1. The summed E-state index contributed by atoms with van der Waals surface area (Å²) in [7, 11) is 1.65. The van der Waals surface area contributed by atoms with Crippen LogP contribution in [0, 0.1) is 0 Å². The molecule has 1 rings (SSSR count). The van der Waals surface area contributed by atoms with Crippen molar-refractivity contribution in [2.45, 2.75) is 31.9 Å². The summed E-state index contributed by atoms with van der Waals surface area (Å²) in [4.78, 5) is 2.29. The van der Waals surface area contributed by atoms with Crippen LogP contribution in [-0.2, 0) is 9.47 Å². The Kier molecular flexibility index (Phi) is 8.54. The highest BCUT2D eigenvalue weighted by atomic mass is 16.5. The van der Waals surface area contributed by atoms with E-state index >= 15 is 0 Å². The maximum absolute atomic E-state index is 9.90. The second kappa shape index (κ2) is 9.69. The molecule has 2 unspecified atom stereocenters. The van der Waals surface area contributed by atoms with Crippen molar-refractivity contribution in [1.29, 1.82) is 0 Å². The van der Waals surface area contributed by atoms with Crippen LogP contribution in [0.15, 0.2) is 0 Å². The molecule has 0 aromatic rings. The first-order chi connectivity index (χ1) is 8.76. The molecule has 0 aromatic heterocycles. The van der Waals surface area contributed by atoms with Crippen molar-refractivity contribution in [2.24, 2.45) is 0 Å². The van der Waals surface area contributed by atoms with Crippen molar-refractivity contribution in [3.63, 3.8) is 0 Å². The van der Waals surface area contributed by atoms with Gasteiger partial charge in [-0.1, -0.05) is 6.92 Å².